The third-order valence-corrected chi connectivity index (χ3v) is 5.35. The van der Waals surface area contributed by atoms with Crippen molar-refractivity contribution in [2.45, 2.75) is 16.0 Å². The molecule has 1 N–H and O–H groups in total. The number of halogens is 3. The summed E-state index contributed by atoms with van der Waals surface area (Å²) in [6.45, 7) is 0. The molecule has 2 aromatic carbocycles. The van der Waals surface area contributed by atoms with E-state index >= 15 is 0 Å². The van der Waals surface area contributed by atoms with Crippen molar-refractivity contribution in [3.63, 3.8) is 0 Å². The zero-order valence-corrected chi connectivity index (χ0v) is 12.8. The average Bonchev–Trinajstić information content (AvgIpc) is 2.54. The summed E-state index contributed by atoms with van der Waals surface area (Å²) in [5.74, 6) is -0.256. The quantitative estimate of drug-likeness (QED) is 0.761. The minimum atomic E-state index is -4.81. The van der Waals surface area contributed by atoms with Crippen molar-refractivity contribution in [3.8, 4) is 5.75 Å². The van der Waals surface area contributed by atoms with Crippen LogP contribution in [0.4, 0.5) is 13.2 Å². The van der Waals surface area contributed by atoms with Gasteiger partial charge in [0.05, 0.1) is 15.4 Å². The predicted molar refractivity (Wildman–Crippen MR) is 80.3 cm³/mol. The molecule has 0 spiro atoms. The molecule has 0 unspecified atom stereocenters. The molecule has 4 nitrogen and oxygen atoms in total. The standard InChI is InChI=1S/C16H10F3NO3S/c17-16(18,19)11-5-1-2-6-14(11)24(22,23)13-8-7-12(21)15-10(13)4-3-9-20-15/h1-9,21H. The lowest BCUT2D eigenvalue weighted by molar-refractivity contribution is -0.139. The number of hydrogen-bond donors (Lipinski definition) is 1. The van der Waals surface area contributed by atoms with Gasteiger partial charge in [-0.1, -0.05) is 12.1 Å². The maximum atomic E-state index is 13.2. The number of aromatic nitrogens is 1. The van der Waals surface area contributed by atoms with Gasteiger partial charge in [-0.25, -0.2) is 8.42 Å². The van der Waals surface area contributed by atoms with Crippen LogP contribution in [0, 0.1) is 0 Å². The maximum absolute atomic E-state index is 13.2. The highest BCUT2D eigenvalue weighted by atomic mass is 32.2. The van der Waals surface area contributed by atoms with Gasteiger partial charge in [-0.05, 0) is 36.4 Å². The molecular weight excluding hydrogens is 343 g/mol. The third kappa shape index (κ3) is 2.58. The fourth-order valence-corrected chi connectivity index (χ4v) is 4.09. The number of hydrogen-bond acceptors (Lipinski definition) is 4. The molecular formula is C16H10F3NO3S. The summed E-state index contributed by atoms with van der Waals surface area (Å²) in [4.78, 5) is 2.70. The molecule has 1 heterocycles. The van der Waals surface area contributed by atoms with Crippen molar-refractivity contribution in [1.29, 1.82) is 0 Å². The van der Waals surface area contributed by atoms with Crippen LogP contribution in [-0.2, 0) is 16.0 Å². The highest BCUT2D eigenvalue weighted by molar-refractivity contribution is 7.91. The van der Waals surface area contributed by atoms with E-state index in [1.54, 1.807) is 0 Å². The molecule has 3 rings (SSSR count). The number of fused-ring (bicyclic) bond motifs is 1. The first-order valence-electron chi connectivity index (χ1n) is 6.71. The summed E-state index contributed by atoms with van der Waals surface area (Å²) in [6, 6.07) is 8.96. The summed E-state index contributed by atoms with van der Waals surface area (Å²) in [6.07, 6.45) is -3.46. The molecule has 0 atom stereocenters. The number of phenols is 1. The zero-order valence-electron chi connectivity index (χ0n) is 11.9. The number of rotatable bonds is 2. The van der Waals surface area contributed by atoms with Crippen LogP contribution < -0.4 is 0 Å². The highest BCUT2D eigenvalue weighted by Gasteiger charge is 2.37. The summed E-state index contributed by atoms with van der Waals surface area (Å²) in [7, 11) is -4.47. The Morgan fingerprint density at radius 3 is 2.33 bits per heavy atom. The van der Waals surface area contributed by atoms with Gasteiger partial charge in [0.15, 0.2) is 0 Å². The van der Waals surface area contributed by atoms with E-state index in [4.69, 9.17) is 0 Å². The van der Waals surface area contributed by atoms with Crippen LogP contribution in [0.25, 0.3) is 10.9 Å². The lowest BCUT2D eigenvalue weighted by Gasteiger charge is -2.14. The summed E-state index contributed by atoms with van der Waals surface area (Å²) >= 11 is 0. The van der Waals surface area contributed by atoms with Gasteiger partial charge < -0.3 is 5.11 Å². The Bertz CT molecular complexity index is 1030. The number of pyridine rings is 1. The highest BCUT2D eigenvalue weighted by Crippen LogP contribution is 2.38. The van der Waals surface area contributed by atoms with E-state index in [1.165, 1.54) is 24.4 Å². The van der Waals surface area contributed by atoms with Crippen molar-refractivity contribution in [2.24, 2.45) is 0 Å². The first-order chi connectivity index (χ1) is 11.2. The molecule has 0 saturated heterocycles. The number of alkyl halides is 3. The van der Waals surface area contributed by atoms with E-state index in [0.717, 1.165) is 24.3 Å². The fourth-order valence-electron chi connectivity index (χ4n) is 2.42. The topological polar surface area (TPSA) is 67.3 Å². The van der Waals surface area contributed by atoms with E-state index in [-0.39, 0.29) is 21.5 Å². The van der Waals surface area contributed by atoms with Crippen LogP contribution in [0.5, 0.6) is 5.75 Å². The van der Waals surface area contributed by atoms with E-state index in [9.17, 15) is 26.7 Å². The van der Waals surface area contributed by atoms with Gasteiger partial charge in [0.25, 0.3) is 0 Å². The van der Waals surface area contributed by atoms with Crippen molar-refractivity contribution < 1.29 is 26.7 Å². The largest absolute Gasteiger partial charge is 0.506 e. The molecule has 24 heavy (non-hydrogen) atoms. The smallest absolute Gasteiger partial charge is 0.417 e. The van der Waals surface area contributed by atoms with Crippen LogP contribution in [0.1, 0.15) is 5.56 Å². The first kappa shape index (κ1) is 16.3. The lowest BCUT2D eigenvalue weighted by atomic mass is 10.2. The number of aromatic hydroxyl groups is 1. The summed E-state index contributed by atoms with van der Waals surface area (Å²) < 4.78 is 65.1. The number of sulfone groups is 1. The average molecular weight is 353 g/mol. The van der Waals surface area contributed by atoms with E-state index in [0.29, 0.717) is 6.07 Å². The van der Waals surface area contributed by atoms with Gasteiger partial charge in [0, 0.05) is 11.6 Å². The molecule has 0 radical (unpaired) electrons. The normalized spacial score (nSPS) is 12.5. The van der Waals surface area contributed by atoms with Crippen LogP contribution in [0.15, 0.2) is 64.5 Å². The fraction of sp³-hybridized carbons (Fsp3) is 0.0625. The molecule has 0 amide bonds. The van der Waals surface area contributed by atoms with Crippen molar-refractivity contribution in [2.75, 3.05) is 0 Å². The Hall–Kier alpha value is -2.61. The monoisotopic (exact) mass is 353 g/mol. The van der Waals surface area contributed by atoms with Crippen LogP contribution in [0.2, 0.25) is 0 Å². The summed E-state index contributed by atoms with van der Waals surface area (Å²) in [5, 5.41) is 9.83. The molecule has 8 heteroatoms. The molecule has 0 fully saturated rings. The molecule has 1 aromatic heterocycles. The Kier molecular flexibility index (Phi) is 3.71. The van der Waals surface area contributed by atoms with Crippen molar-refractivity contribution in [1.82, 2.24) is 4.98 Å². The van der Waals surface area contributed by atoms with Gasteiger partial charge >= 0.3 is 6.18 Å². The first-order valence-corrected chi connectivity index (χ1v) is 8.19. The Labute approximate surface area is 135 Å². The van der Waals surface area contributed by atoms with Gasteiger partial charge in [-0.2, -0.15) is 13.2 Å². The maximum Gasteiger partial charge on any atom is 0.417 e. The third-order valence-electron chi connectivity index (χ3n) is 3.48. The van der Waals surface area contributed by atoms with E-state index in [2.05, 4.69) is 4.98 Å². The number of benzene rings is 2. The van der Waals surface area contributed by atoms with Gasteiger partial charge in [0.2, 0.25) is 9.84 Å². The van der Waals surface area contributed by atoms with Gasteiger partial charge in [0.1, 0.15) is 11.3 Å². The Morgan fingerprint density at radius 1 is 0.917 bits per heavy atom. The van der Waals surface area contributed by atoms with Crippen LogP contribution in [-0.4, -0.2) is 18.5 Å². The van der Waals surface area contributed by atoms with Crippen LogP contribution >= 0.6 is 0 Å². The minimum absolute atomic E-state index is 0.00284. The van der Waals surface area contributed by atoms with Crippen molar-refractivity contribution >= 4 is 20.7 Å². The van der Waals surface area contributed by atoms with E-state index < -0.39 is 26.5 Å². The molecule has 0 aliphatic heterocycles. The zero-order chi connectivity index (χ0) is 17.5. The lowest BCUT2D eigenvalue weighted by Crippen LogP contribution is -2.13. The second kappa shape index (κ2) is 5.48. The second-order valence-electron chi connectivity index (χ2n) is 4.98. The molecule has 3 aromatic rings. The van der Waals surface area contributed by atoms with Gasteiger partial charge in [-0.15, -0.1) is 0 Å². The van der Waals surface area contributed by atoms with Gasteiger partial charge in [-0.3, -0.25) is 4.98 Å². The molecule has 0 bridgehead atoms. The minimum Gasteiger partial charge on any atom is -0.506 e. The predicted octanol–water partition coefficient (Wildman–Crippen LogP) is 3.79. The SMILES string of the molecule is O=S(=O)(c1ccccc1C(F)(F)F)c1ccc(O)c2ncccc12. The molecule has 0 aliphatic carbocycles. The molecule has 124 valence electrons. The number of phenolic OH excluding ortho intramolecular Hbond substituents is 1. The van der Waals surface area contributed by atoms with E-state index in [1.807, 2.05) is 0 Å². The Balaban J connectivity index is 2.34. The van der Waals surface area contributed by atoms with Crippen molar-refractivity contribution in [3.05, 3.63) is 60.3 Å². The summed E-state index contributed by atoms with van der Waals surface area (Å²) in [5.41, 5.74) is -1.24. The Morgan fingerprint density at radius 2 is 1.62 bits per heavy atom. The van der Waals surface area contributed by atoms with Crippen LogP contribution in [0.3, 0.4) is 0 Å². The molecule has 0 aliphatic rings. The molecule has 0 saturated carbocycles. The second-order valence-corrected chi connectivity index (χ2v) is 6.87. The number of nitrogens with zero attached hydrogens (tertiary/aromatic N) is 1.